The summed E-state index contributed by atoms with van der Waals surface area (Å²) in [7, 11) is 1.00. The van der Waals surface area contributed by atoms with Gasteiger partial charge in [-0.1, -0.05) is 48.2 Å². The minimum Gasteiger partial charge on any atom is -0.400 e. The first-order chi connectivity index (χ1) is 16.1. The average molecular weight is 443 g/mol. The van der Waals surface area contributed by atoms with Gasteiger partial charge in [-0.25, -0.2) is 4.98 Å². The van der Waals surface area contributed by atoms with Gasteiger partial charge in [-0.3, -0.25) is 4.90 Å². The molecule has 4 rings (SSSR count). The smallest absolute Gasteiger partial charge is 0.138 e. The van der Waals surface area contributed by atoms with E-state index in [0.29, 0.717) is 24.8 Å². The lowest BCUT2D eigenvalue weighted by molar-refractivity contribution is 0.184. The van der Waals surface area contributed by atoms with Gasteiger partial charge in [0.15, 0.2) is 0 Å². The fraction of sp³-hybridized carbons (Fsp3) is 0.333. The second-order valence-corrected chi connectivity index (χ2v) is 7.97. The molecule has 1 aromatic heterocycles. The number of rotatable bonds is 5. The highest BCUT2D eigenvalue weighted by Crippen LogP contribution is 2.29. The number of imidazole rings is 1. The topological polar surface area (TPSA) is 85.3 Å². The molecule has 0 saturated carbocycles. The van der Waals surface area contributed by atoms with E-state index in [9.17, 15) is 5.11 Å². The summed E-state index contributed by atoms with van der Waals surface area (Å²) in [6.07, 6.45) is 4.02. The van der Waals surface area contributed by atoms with Crippen LogP contribution in [-0.2, 0) is 6.54 Å². The van der Waals surface area contributed by atoms with E-state index in [1.54, 1.807) is 13.1 Å². The van der Waals surface area contributed by atoms with Gasteiger partial charge in [0.25, 0.3) is 0 Å². The third kappa shape index (κ3) is 6.31. The van der Waals surface area contributed by atoms with Gasteiger partial charge >= 0.3 is 0 Å². The van der Waals surface area contributed by atoms with Gasteiger partial charge in [-0.05, 0) is 54.6 Å². The SMILES string of the molecule is CC(O)c1nccn1CC#Cc1ccc(-c2ccc(C3CCN(CC#N)C3)cc2)cc1.CO. The van der Waals surface area contributed by atoms with Gasteiger partial charge in [0.1, 0.15) is 11.9 Å². The number of nitriles is 1. The summed E-state index contributed by atoms with van der Waals surface area (Å²) in [6.45, 7) is 4.70. The first-order valence-electron chi connectivity index (χ1n) is 11.1. The van der Waals surface area contributed by atoms with E-state index in [1.807, 2.05) is 22.9 Å². The Kier molecular flexibility index (Phi) is 8.80. The highest BCUT2D eigenvalue weighted by Gasteiger charge is 2.23. The molecule has 2 atom stereocenters. The fourth-order valence-corrected chi connectivity index (χ4v) is 4.09. The second kappa shape index (κ2) is 12.0. The van der Waals surface area contributed by atoms with E-state index in [1.165, 1.54) is 16.7 Å². The predicted molar refractivity (Wildman–Crippen MR) is 129 cm³/mol. The van der Waals surface area contributed by atoms with Gasteiger partial charge in [-0.2, -0.15) is 5.26 Å². The largest absolute Gasteiger partial charge is 0.400 e. The summed E-state index contributed by atoms with van der Waals surface area (Å²) in [5, 5.41) is 25.6. The average Bonchev–Trinajstić information content (AvgIpc) is 3.51. The van der Waals surface area contributed by atoms with Crippen LogP contribution in [0, 0.1) is 23.2 Å². The molecular formula is C27H30N4O2. The van der Waals surface area contributed by atoms with Gasteiger partial charge in [0.2, 0.25) is 0 Å². The van der Waals surface area contributed by atoms with Crippen LogP contribution < -0.4 is 0 Å². The maximum absolute atomic E-state index is 9.72. The van der Waals surface area contributed by atoms with Crippen molar-refractivity contribution in [1.82, 2.24) is 14.5 Å². The summed E-state index contributed by atoms with van der Waals surface area (Å²) in [6, 6.07) is 19.3. The molecule has 6 heteroatoms. The van der Waals surface area contributed by atoms with Crippen molar-refractivity contribution in [2.24, 2.45) is 0 Å². The van der Waals surface area contributed by atoms with Gasteiger partial charge in [0.05, 0.1) is 19.2 Å². The van der Waals surface area contributed by atoms with Crippen molar-refractivity contribution in [3.63, 3.8) is 0 Å². The van der Waals surface area contributed by atoms with Crippen molar-refractivity contribution in [2.45, 2.75) is 31.9 Å². The second-order valence-electron chi connectivity index (χ2n) is 7.97. The number of likely N-dealkylation sites (tertiary alicyclic amines) is 1. The van der Waals surface area contributed by atoms with Crippen LogP contribution in [-0.4, -0.2) is 51.4 Å². The summed E-state index contributed by atoms with van der Waals surface area (Å²) >= 11 is 0. The molecule has 2 N–H and O–H groups in total. The molecule has 0 radical (unpaired) electrons. The third-order valence-corrected chi connectivity index (χ3v) is 5.77. The lowest BCUT2D eigenvalue weighted by atomic mass is 9.95. The van der Waals surface area contributed by atoms with Crippen molar-refractivity contribution in [3.8, 4) is 29.0 Å². The van der Waals surface area contributed by atoms with Crippen molar-refractivity contribution in [3.05, 3.63) is 77.9 Å². The third-order valence-electron chi connectivity index (χ3n) is 5.77. The van der Waals surface area contributed by atoms with Crippen LogP contribution in [0.2, 0.25) is 0 Å². The highest BCUT2D eigenvalue weighted by atomic mass is 16.3. The van der Waals surface area contributed by atoms with Crippen molar-refractivity contribution in [2.75, 3.05) is 26.7 Å². The number of hydrogen-bond donors (Lipinski definition) is 2. The first kappa shape index (κ1) is 24.2. The van der Waals surface area contributed by atoms with Crippen LogP contribution in [0.3, 0.4) is 0 Å². The molecule has 2 aromatic carbocycles. The van der Waals surface area contributed by atoms with Crippen LogP contribution in [0.1, 0.15) is 42.3 Å². The Labute approximate surface area is 195 Å². The molecule has 0 bridgehead atoms. The number of aliphatic hydroxyl groups is 2. The molecular weight excluding hydrogens is 412 g/mol. The summed E-state index contributed by atoms with van der Waals surface area (Å²) in [5.74, 6) is 7.47. The Balaban J connectivity index is 0.00000149. The Morgan fingerprint density at radius 2 is 1.73 bits per heavy atom. The predicted octanol–water partition coefficient (Wildman–Crippen LogP) is 3.58. The van der Waals surface area contributed by atoms with E-state index in [2.05, 4.69) is 64.2 Å². The molecule has 2 unspecified atom stereocenters. The lowest BCUT2D eigenvalue weighted by Gasteiger charge is -2.13. The molecule has 6 nitrogen and oxygen atoms in total. The van der Waals surface area contributed by atoms with Crippen LogP contribution in [0.25, 0.3) is 11.1 Å². The Hall–Kier alpha value is -3.42. The standard InChI is InChI=1S/C26H26N4O.CH4O/c1-20(31)26-28-14-18-30(26)15-2-3-21-4-6-22(7-5-21)23-8-10-24(11-9-23)25-12-16-29(19-25)17-13-27;1-2/h4-11,14,18,20,25,31H,12,15-17,19H2,1H3;2H,1H3. The van der Waals surface area contributed by atoms with Gasteiger partial charge < -0.3 is 14.8 Å². The van der Waals surface area contributed by atoms with Crippen LogP contribution >= 0.6 is 0 Å². The summed E-state index contributed by atoms with van der Waals surface area (Å²) in [5.41, 5.74) is 4.67. The molecule has 1 aliphatic heterocycles. The number of aromatic nitrogens is 2. The van der Waals surface area contributed by atoms with Crippen LogP contribution in [0.4, 0.5) is 0 Å². The molecule has 1 fully saturated rings. The molecule has 3 aromatic rings. The molecule has 1 aliphatic rings. The Bertz CT molecular complexity index is 1120. The number of benzene rings is 2. The molecule has 0 aliphatic carbocycles. The fourth-order valence-electron chi connectivity index (χ4n) is 4.09. The maximum atomic E-state index is 9.72. The van der Waals surface area contributed by atoms with Gasteiger partial charge in [-0.15, -0.1) is 0 Å². The Morgan fingerprint density at radius 1 is 1.06 bits per heavy atom. The minimum atomic E-state index is -0.604. The van der Waals surface area contributed by atoms with E-state index in [-0.39, 0.29) is 0 Å². The molecule has 0 spiro atoms. The quantitative estimate of drug-likeness (QED) is 0.466. The normalized spacial score (nSPS) is 16.2. The number of hydrogen-bond acceptors (Lipinski definition) is 5. The molecule has 2 heterocycles. The van der Waals surface area contributed by atoms with E-state index in [0.717, 1.165) is 32.2 Å². The monoisotopic (exact) mass is 442 g/mol. The summed E-state index contributed by atoms with van der Waals surface area (Å²) < 4.78 is 1.86. The van der Waals surface area contributed by atoms with Crippen LogP contribution in [0.5, 0.6) is 0 Å². The molecule has 0 amide bonds. The lowest BCUT2D eigenvalue weighted by Crippen LogP contribution is -2.20. The maximum Gasteiger partial charge on any atom is 0.138 e. The van der Waals surface area contributed by atoms with Gasteiger partial charge in [0, 0.05) is 31.6 Å². The Morgan fingerprint density at radius 3 is 2.36 bits per heavy atom. The highest BCUT2D eigenvalue weighted by molar-refractivity contribution is 5.64. The molecule has 1 saturated heterocycles. The van der Waals surface area contributed by atoms with E-state index >= 15 is 0 Å². The zero-order valence-electron chi connectivity index (χ0n) is 19.1. The number of aliphatic hydroxyl groups excluding tert-OH is 2. The minimum absolute atomic E-state index is 0.496. The van der Waals surface area contributed by atoms with Crippen molar-refractivity contribution < 1.29 is 10.2 Å². The molecule has 170 valence electrons. The first-order valence-corrected chi connectivity index (χ1v) is 11.1. The number of nitrogens with zero attached hydrogens (tertiary/aromatic N) is 4. The zero-order chi connectivity index (χ0) is 23.6. The molecule has 33 heavy (non-hydrogen) atoms. The van der Waals surface area contributed by atoms with Crippen molar-refractivity contribution >= 4 is 0 Å². The van der Waals surface area contributed by atoms with E-state index in [4.69, 9.17) is 10.4 Å². The zero-order valence-corrected chi connectivity index (χ0v) is 19.1. The van der Waals surface area contributed by atoms with E-state index < -0.39 is 6.10 Å². The van der Waals surface area contributed by atoms with Crippen LogP contribution in [0.15, 0.2) is 60.9 Å². The van der Waals surface area contributed by atoms with Crippen molar-refractivity contribution in [1.29, 1.82) is 5.26 Å². The summed E-state index contributed by atoms with van der Waals surface area (Å²) in [4.78, 5) is 6.38.